The summed E-state index contributed by atoms with van der Waals surface area (Å²) in [4.78, 5) is 1.42. The zero-order valence-electron chi connectivity index (χ0n) is 10.5. The van der Waals surface area contributed by atoms with Gasteiger partial charge in [0, 0.05) is 27.7 Å². The normalized spacial score (nSPS) is 15.5. The lowest BCUT2D eigenvalue weighted by molar-refractivity contribution is 0.680. The lowest BCUT2D eigenvalue weighted by Crippen LogP contribution is -2.15. The fraction of sp³-hybridized carbons (Fsp3) is 0.571. The first-order valence-corrected chi connectivity index (χ1v) is 8.07. The second-order valence-corrected chi connectivity index (χ2v) is 7.09. The van der Waals surface area contributed by atoms with Gasteiger partial charge in [0.15, 0.2) is 0 Å². The molecule has 1 N–H and O–H groups in total. The van der Waals surface area contributed by atoms with E-state index in [2.05, 4.69) is 53.3 Å². The third kappa shape index (κ3) is 4.65. The van der Waals surface area contributed by atoms with Crippen LogP contribution in [-0.4, -0.2) is 11.8 Å². The van der Waals surface area contributed by atoms with Crippen molar-refractivity contribution in [2.24, 2.45) is 5.92 Å². The Morgan fingerprint density at radius 3 is 2.82 bits per heavy atom. The van der Waals surface area contributed by atoms with Gasteiger partial charge >= 0.3 is 0 Å². The Bertz CT molecular complexity index is 374. The second-order valence-electron chi connectivity index (χ2n) is 5.11. The molecule has 0 radical (unpaired) electrons. The van der Waals surface area contributed by atoms with Crippen LogP contribution in [0.3, 0.4) is 0 Å². The Hall–Kier alpha value is 0.01000. The van der Waals surface area contributed by atoms with Crippen LogP contribution in [0.25, 0.3) is 0 Å². The Morgan fingerprint density at radius 2 is 2.18 bits per heavy atom. The topological polar surface area (TPSA) is 12.0 Å². The van der Waals surface area contributed by atoms with E-state index in [1.807, 2.05) is 11.8 Å². The van der Waals surface area contributed by atoms with Gasteiger partial charge in [0.2, 0.25) is 0 Å². The molecule has 0 unspecified atom stereocenters. The van der Waals surface area contributed by atoms with Gasteiger partial charge in [-0.05, 0) is 36.5 Å². The molecule has 0 amide bonds. The quantitative estimate of drug-likeness (QED) is 0.779. The highest BCUT2D eigenvalue weighted by Crippen LogP contribution is 2.29. The molecule has 1 nitrogen and oxygen atoms in total. The van der Waals surface area contributed by atoms with E-state index in [9.17, 15) is 0 Å². The molecular weight excluding hydrogens is 294 g/mol. The average molecular weight is 314 g/mol. The van der Waals surface area contributed by atoms with Crippen molar-refractivity contribution in [3.8, 4) is 0 Å². The largest absolute Gasteiger partial charge is 0.310 e. The Balaban J connectivity index is 2.00. The number of benzene rings is 1. The Labute approximate surface area is 117 Å². The summed E-state index contributed by atoms with van der Waals surface area (Å²) in [5, 5.41) is 3.59. The number of hydrogen-bond donors (Lipinski definition) is 1. The predicted molar refractivity (Wildman–Crippen MR) is 79.6 cm³/mol. The molecule has 1 aromatic carbocycles. The lowest BCUT2D eigenvalue weighted by Gasteiger charge is -2.12. The van der Waals surface area contributed by atoms with Crippen LogP contribution < -0.4 is 5.32 Å². The maximum absolute atomic E-state index is 3.59. The van der Waals surface area contributed by atoms with E-state index in [-0.39, 0.29) is 0 Å². The van der Waals surface area contributed by atoms with E-state index >= 15 is 0 Å². The molecule has 0 aromatic heterocycles. The SMILES string of the molecule is CC(C)CSc1cc(Br)ccc1CNC1CC1. The summed E-state index contributed by atoms with van der Waals surface area (Å²) in [5.41, 5.74) is 1.44. The summed E-state index contributed by atoms with van der Waals surface area (Å²) >= 11 is 5.53. The van der Waals surface area contributed by atoms with Crippen molar-refractivity contribution in [1.82, 2.24) is 5.32 Å². The number of thioether (sulfide) groups is 1. The number of hydrogen-bond acceptors (Lipinski definition) is 2. The average Bonchev–Trinajstić information content (AvgIpc) is 3.09. The highest BCUT2D eigenvalue weighted by molar-refractivity contribution is 9.10. The molecule has 1 aliphatic rings. The minimum atomic E-state index is 0.739. The van der Waals surface area contributed by atoms with Crippen LogP contribution in [0.2, 0.25) is 0 Å². The van der Waals surface area contributed by atoms with Crippen molar-refractivity contribution >= 4 is 27.7 Å². The van der Waals surface area contributed by atoms with Gasteiger partial charge in [-0.3, -0.25) is 0 Å². The van der Waals surface area contributed by atoms with Crippen molar-refractivity contribution in [1.29, 1.82) is 0 Å². The van der Waals surface area contributed by atoms with Crippen molar-refractivity contribution in [3.63, 3.8) is 0 Å². The van der Waals surface area contributed by atoms with Gasteiger partial charge in [-0.25, -0.2) is 0 Å². The molecule has 1 saturated carbocycles. The van der Waals surface area contributed by atoms with Gasteiger partial charge in [0.25, 0.3) is 0 Å². The second kappa shape index (κ2) is 6.26. The monoisotopic (exact) mass is 313 g/mol. The third-order valence-electron chi connectivity index (χ3n) is 2.76. The van der Waals surface area contributed by atoms with Gasteiger partial charge in [0.1, 0.15) is 0 Å². The molecule has 2 rings (SSSR count). The summed E-state index contributed by atoms with van der Waals surface area (Å²) in [6.07, 6.45) is 2.70. The van der Waals surface area contributed by atoms with Crippen molar-refractivity contribution in [2.75, 3.05) is 5.75 Å². The summed E-state index contributed by atoms with van der Waals surface area (Å²) < 4.78 is 1.18. The summed E-state index contributed by atoms with van der Waals surface area (Å²) in [7, 11) is 0. The van der Waals surface area contributed by atoms with E-state index in [1.54, 1.807) is 0 Å². The Kier molecular flexibility index (Phi) is 4.95. The Morgan fingerprint density at radius 1 is 1.41 bits per heavy atom. The first-order chi connectivity index (χ1) is 8.15. The van der Waals surface area contributed by atoms with Crippen LogP contribution in [0.15, 0.2) is 27.6 Å². The number of rotatable bonds is 6. The molecule has 1 aliphatic carbocycles. The van der Waals surface area contributed by atoms with Crippen LogP contribution in [0.5, 0.6) is 0 Å². The lowest BCUT2D eigenvalue weighted by atomic mass is 10.2. The summed E-state index contributed by atoms with van der Waals surface area (Å²) in [6.45, 7) is 5.55. The fourth-order valence-electron chi connectivity index (χ4n) is 1.61. The molecule has 3 heteroatoms. The van der Waals surface area contributed by atoms with Crippen LogP contribution in [-0.2, 0) is 6.54 Å². The van der Waals surface area contributed by atoms with E-state index in [1.165, 1.54) is 33.5 Å². The third-order valence-corrected chi connectivity index (χ3v) is 4.78. The minimum Gasteiger partial charge on any atom is -0.310 e. The van der Waals surface area contributed by atoms with Gasteiger partial charge in [-0.15, -0.1) is 11.8 Å². The van der Waals surface area contributed by atoms with Crippen molar-refractivity contribution < 1.29 is 0 Å². The summed E-state index contributed by atoms with van der Waals surface area (Å²) in [5.74, 6) is 1.93. The molecular formula is C14H20BrNS. The van der Waals surface area contributed by atoms with Crippen LogP contribution in [0, 0.1) is 5.92 Å². The highest BCUT2D eigenvalue weighted by Gasteiger charge is 2.20. The van der Waals surface area contributed by atoms with Crippen LogP contribution in [0.4, 0.5) is 0 Å². The van der Waals surface area contributed by atoms with E-state index < -0.39 is 0 Å². The molecule has 0 spiro atoms. The van der Waals surface area contributed by atoms with Crippen LogP contribution >= 0.6 is 27.7 Å². The number of nitrogens with one attached hydrogen (secondary N) is 1. The van der Waals surface area contributed by atoms with Crippen molar-refractivity contribution in [2.45, 2.75) is 44.2 Å². The highest BCUT2D eigenvalue weighted by atomic mass is 79.9. The molecule has 94 valence electrons. The molecule has 0 atom stereocenters. The number of halogens is 1. The van der Waals surface area contributed by atoms with Gasteiger partial charge in [-0.1, -0.05) is 35.8 Å². The fourth-order valence-corrected chi connectivity index (χ4v) is 3.17. The van der Waals surface area contributed by atoms with E-state index in [0.717, 1.165) is 18.5 Å². The molecule has 0 aliphatic heterocycles. The van der Waals surface area contributed by atoms with E-state index in [0.29, 0.717) is 0 Å². The zero-order valence-corrected chi connectivity index (χ0v) is 12.9. The van der Waals surface area contributed by atoms with Gasteiger partial charge < -0.3 is 5.32 Å². The predicted octanol–water partition coefficient (Wildman–Crippen LogP) is 4.45. The van der Waals surface area contributed by atoms with Gasteiger partial charge in [-0.2, -0.15) is 0 Å². The standard InChI is InChI=1S/C14H20BrNS/c1-10(2)9-17-14-7-12(15)4-3-11(14)8-16-13-5-6-13/h3-4,7,10,13,16H,5-6,8-9H2,1-2H3. The smallest absolute Gasteiger partial charge is 0.0219 e. The first-order valence-electron chi connectivity index (χ1n) is 6.30. The van der Waals surface area contributed by atoms with E-state index in [4.69, 9.17) is 0 Å². The van der Waals surface area contributed by atoms with Crippen molar-refractivity contribution in [3.05, 3.63) is 28.2 Å². The summed E-state index contributed by atoms with van der Waals surface area (Å²) in [6, 6.07) is 7.41. The molecule has 1 aromatic rings. The first kappa shape index (κ1) is 13.4. The zero-order chi connectivity index (χ0) is 12.3. The molecule has 17 heavy (non-hydrogen) atoms. The minimum absolute atomic E-state index is 0.739. The molecule has 0 heterocycles. The maximum atomic E-state index is 3.59. The molecule has 0 saturated heterocycles. The van der Waals surface area contributed by atoms with Crippen LogP contribution in [0.1, 0.15) is 32.3 Å². The molecule has 0 bridgehead atoms. The molecule has 1 fully saturated rings. The maximum Gasteiger partial charge on any atom is 0.0219 e. The van der Waals surface area contributed by atoms with Gasteiger partial charge in [0.05, 0.1) is 0 Å².